The largest absolute Gasteiger partial charge is 0.331 e. The van der Waals surface area contributed by atoms with Gasteiger partial charge in [-0.3, -0.25) is 4.79 Å². The molecule has 1 atom stereocenters. The van der Waals surface area contributed by atoms with Crippen LogP contribution in [0.5, 0.6) is 0 Å². The van der Waals surface area contributed by atoms with Crippen molar-refractivity contribution in [2.45, 2.75) is 33.2 Å². The van der Waals surface area contributed by atoms with Crippen LogP contribution in [-0.2, 0) is 4.79 Å². The lowest BCUT2D eigenvalue weighted by atomic mass is 10.1. The highest BCUT2D eigenvalue weighted by atomic mass is 19.2. The summed E-state index contributed by atoms with van der Waals surface area (Å²) in [6.07, 6.45) is 0.350. The molecule has 0 aliphatic rings. The molecule has 0 saturated heterocycles. The molecule has 0 fully saturated rings. The molecule has 26 heavy (non-hydrogen) atoms. The zero-order valence-electron chi connectivity index (χ0n) is 14.8. The summed E-state index contributed by atoms with van der Waals surface area (Å²) in [5.74, 6) is -2.03. The predicted octanol–water partition coefficient (Wildman–Crippen LogP) is 4.50. The Morgan fingerprint density at radius 2 is 1.77 bits per heavy atom. The number of amides is 3. The third kappa shape index (κ3) is 5.02. The Kier molecular flexibility index (Phi) is 6.27. The second-order valence-corrected chi connectivity index (χ2v) is 5.93. The summed E-state index contributed by atoms with van der Waals surface area (Å²) in [5, 5.41) is 8.09. The quantitative estimate of drug-likeness (QED) is 0.734. The molecule has 3 N–H and O–H groups in total. The molecule has 0 saturated carbocycles. The van der Waals surface area contributed by atoms with E-state index in [4.69, 9.17) is 0 Å². The maximum Gasteiger partial charge on any atom is 0.319 e. The Morgan fingerprint density at radius 1 is 1.04 bits per heavy atom. The Balaban J connectivity index is 2.05. The lowest BCUT2D eigenvalue weighted by Crippen LogP contribution is -2.31. The van der Waals surface area contributed by atoms with E-state index in [0.717, 1.165) is 17.7 Å². The van der Waals surface area contributed by atoms with E-state index in [9.17, 15) is 18.4 Å². The second kappa shape index (κ2) is 8.42. The molecule has 2 rings (SSSR count). The van der Waals surface area contributed by atoms with Crippen molar-refractivity contribution in [3.8, 4) is 0 Å². The highest BCUT2D eigenvalue weighted by molar-refractivity contribution is 5.94. The summed E-state index contributed by atoms with van der Waals surface area (Å²) >= 11 is 0. The molecule has 0 spiro atoms. The van der Waals surface area contributed by atoms with E-state index in [1.165, 1.54) is 6.07 Å². The molecular weight excluding hydrogens is 340 g/mol. The van der Waals surface area contributed by atoms with E-state index >= 15 is 0 Å². The van der Waals surface area contributed by atoms with Crippen LogP contribution in [0.3, 0.4) is 0 Å². The van der Waals surface area contributed by atoms with Crippen LogP contribution in [-0.4, -0.2) is 11.9 Å². The van der Waals surface area contributed by atoms with Crippen molar-refractivity contribution < 1.29 is 18.4 Å². The van der Waals surface area contributed by atoms with Gasteiger partial charge >= 0.3 is 6.03 Å². The van der Waals surface area contributed by atoms with Gasteiger partial charge in [-0.25, -0.2) is 13.6 Å². The molecule has 0 bridgehead atoms. The first-order chi connectivity index (χ1) is 12.3. The van der Waals surface area contributed by atoms with E-state index in [1.807, 2.05) is 6.92 Å². The fourth-order valence-corrected chi connectivity index (χ4v) is 2.30. The van der Waals surface area contributed by atoms with E-state index in [0.29, 0.717) is 23.4 Å². The average molecular weight is 361 g/mol. The van der Waals surface area contributed by atoms with Crippen molar-refractivity contribution in [3.05, 3.63) is 59.2 Å². The van der Waals surface area contributed by atoms with Crippen molar-refractivity contribution in [3.63, 3.8) is 0 Å². The molecule has 2 aromatic rings. The van der Waals surface area contributed by atoms with Gasteiger partial charge < -0.3 is 16.0 Å². The fraction of sp³-hybridized carbons (Fsp3) is 0.263. The summed E-state index contributed by atoms with van der Waals surface area (Å²) in [5.41, 5.74) is 2.37. The summed E-state index contributed by atoms with van der Waals surface area (Å²) < 4.78 is 26.3. The minimum absolute atomic E-state index is 0.129. The van der Waals surface area contributed by atoms with E-state index in [2.05, 4.69) is 16.0 Å². The van der Waals surface area contributed by atoms with Gasteiger partial charge in [-0.1, -0.05) is 19.1 Å². The molecule has 5 nitrogen and oxygen atoms in total. The normalized spacial score (nSPS) is 11.6. The van der Waals surface area contributed by atoms with Crippen molar-refractivity contribution in [2.24, 2.45) is 0 Å². The van der Waals surface area contributed by atoms with Crippen LogP contribution in [0.4, 0.5) is 25.0 Å². The number of aryl methyl sites for hydroxylation is 1. The molecule has 3 amide bonds. The predicted molar refractivity (Wildman–Crippen MR) is 97.0 cm³/mol. The smallest absolute Gasteiger partial charge is 0.319 e. The second-order valence-electron chi connectivity index (χ2n) is 5.93. The van der Waals surface area contributed by atoms with Crippen LogP contribution < -0.4 is 16.0 Å². The number of hydrogen-bond donors (Lipinski definition) is 3. The zero-order valence-corrected chi connectivity index (χ0v) is 14.8. The van der Waals surface area contributed by atoms with Gasteiger partial charge in [-0.2, -0.15) is 0 Å². The van der Waals surface area contributed by atoms with Crippen molar-refractivity contribution in [1.29, 1.82) is 0 Å². The van der Waals surface area contributed by atoms with Gasteiger partial charge in [0.05, 0.1) is 6.04 Å². The Labute approximate surface area is 150 Å². The van der Waals surface area contributed by atoms with Crippen LogP contribution >= 0.6 is 0 Å². The highest BCUT2D eigenvalue weighted by Crippen LogP contribution is 2.21. The first kappa shape index (κ1) is 19.4. The van der Waals surface area contributed by atoms with E-state index in [1.54, 1.807) is 32.0 Å². The molecule has 0 aliphatic carbocycles. The number of carbonyl (C=O) groups excluding carboxylic acids is 2. The average Bonchev–Trinajstić information content (AvgIpc) is 2.59. The van der Waals surface area contributed by atoms with Gasteiger partial charge in [0.15, 0.2) is 11.6 Å². The van der Waals surface area contributed by atoms with Crippen LogP contribution in [0, 0.1) is 18.6 Å². The van der Waals surface area contributed by atoms with Crippen molar-refractivity contribution in [1.82, 2.24) is 5.32 Å². The minimum atomic E-state index is -0.966. The molecule has 0 unspecified atom stereocenters. The van der Waals surface area contributed by atoms with E-state index < -0.39 is 23.7 Å². The van der Waals surface area contributed by atoms with Gasteiger partial charge in [-0.05, 0) is 49.2 Å². The van der Waals surface area contributed by atoms with Crippen LogP contribution in [0.25, 0.3) is 0 Å². The first-order valence-corrected chi connectivity index (χ1v) is 8.23. The van der Waals surface area contributed by atoms with Gasteiger partial charge in [-0.15, -0.1) is 0 Å². The molecule has 138 valence electrons. The Hall–Kier alpha value is -2.96. The molecule has 0 aliphatic heterocycles. The van der Waals surface area contributed by atoms with Crippen LogP contribution in [0.15, 0.2) is 36.4 Å². The number of anilines is 2. The van der Waals surface area contributed by atoms with Crippen LogP contribution in [0.1, 0.15) is 37.4 Å². The number of rotatable bonds is 5. The summed E-state index contributed by atoms with van der Waals surface area (Å²) in [4.78, 5) is 23.7. The summed E-state index contributed by atoms with van der Waals surface area (Å²) in [6.45, 7) is 5.23. The maximum atomic E-state index is 13.3. The van der Waals surface area contributed by atoms with Gasteiger partial charge in [0.1, 0.15) is 0 Å². The molecular formula is C19H21F2N3O2. The summed E-state index contributed by atoms with van der Waals surface area (Å²) in [6, 6.07) is 7.64. The van der Waals surface area contributed by atoms with Crippen molar-refractivity contribution >= 4 is 23.3 Å². The zero-order chi connectivity index (χ0) is 19.3. The monoisotopic (exact) mass is 361 g/mol. The molecule has 7 heteroatoms. The van der Waals surface area contributed by atoms with Gasteiger partial charge in [0.25, 0.3) is 0 Å². The third-order valence-corrected chi connectivity index (χ3v) is 3.88. The maximum absolute atomic E-state index is 13.3. The molecule has 0 aromatic heterocycles. The lowest BCUT2D eigenvalue weighted by Gasteiger charge is -2.17. The SMILES string of the molecule is CCC(=O)Nc1ccc(C)c(NC(=O)N[C@@H](C)c2ccc(F)c(F)c2)c1. The molecule has 0 radical (unpaired) electrons. The standard InChI is InChI=1S/C19H21F2N3O2/c1-4-18(25)23-14-7-5-11(2)17(10-14)24-19(26)22-12(3)13-6-8-15(20)16(21)9-13/h5-10,12H,4H2,1-3H3,(H,23,25)(H2,22,24,26)/t12-/m0/s1. The lowest BCUT2D eigenvalue weighted by molar-refractivity contribution is -0.115. The van der Waals surface area contributed by atoms with E-state index in [-0.39, 0.29) is 5.91 Å². The number of halogens is 2. The third-order valence-electron chi connectivity index (χ3n) is 3.88. The fourth-order valence-electron chi connectivity index (χ4n) is 2.30. The molecule has 0 heterocycles. The number of nitrogens with one attached hydrogen (secondary N) is 3. The number of carbonyl (C=O) groups is 2. The molecule has 2 aromatic carbocycles. The van der Waals surface area contributed by atoms with Crippen molar-refractivity contribution in [2.75, 3.05) is 10.6 Å². The van der Waals surface area contributed by atoms with Crippen LogP contribution in [0.2, 0.25) is 0 Å². The topological polar surface area (TPSA) is 70.2 Å². The van der Waals surface area contributed by atoms with Gasteiger partial charge in [0, 0.05) is 17.8 Å². The number of urea groups is 1. The number of benzene rings is 2. The summed E-state index contributed by atoms with van der Waals surface area (Å²) in [7, 11) is 0. The van der Waals surface area contributed by atoms with Gasteiger partial charge in [0.2, 0.25) is 5.91 Å². The Morgan fingerprint density at radius 3 is 2.42 bits per heavy atom. The Bertz CT molecular complexity index is 824. The first-order valence-electron chi connectivity index (χ1n) is 8.23. The highest BCUT2D eigenvalue weighted by Gasteiger charge is 2.13. The number of hydrogen-bond acceptors (Lipinski definition) is 2. The minimum Gasteiger partial charge on any atom is -0.331 e.